The van der Waals surface area contributed by atoms with Gasteiger partial charge in [0.25, 0.3) is 0 Å². The van der Waals surface area contributed by atoms with Crippen LogP contribution in [0.25, 0.3) is 5.65 Å². The Bertz CT molecular complexity index is 1170. The molecule has 11 heteroatoms. The van der Waals surface area contributed by atoms with Crippen LogP contribution >= 0.6 is 0 Å². The summed E-state index contributed by atoms with van der Waals surface area (Å²) in [7, 11) is 1.47. The van der Waals surface area contributed by atoms with E-state index in [2.05, 4.69) is 42.2 Å². The highest BCUT2D eigenvalue weighted by atomic mass is 16.5. The van der Waals surface area contributed by atoms with Crippen molar-refractivity contribution in [2.24, 2.45) is 0 Å². The molecule has 11 nitrogen and oxygen atoms in total. The highest BCUT2D eigenvalue weighted by Gasteiger charge is 2.24. The summed E-state index contributed by atoms with van der Waals surface area (Å²) < 4.78 is 6.79. The quantitative estimate of drug-likeness (QED) is 0.571. The molecule has 1 aliphatic heterocycles. The maximum absolute atomic E-state index is 11.5. The lowest BCUT2D eigenvalue weighted by atomic mass is 10.1. The zero-order valence-electron chi connectivity index (χ0n) is 16.9. The number of anilines is 3. The number of hydrogen-bond acceptors (Lipinski definition) is 9. The highest BCUT2D eigenvalue weighted by Crippen LogP contribution is 2.21. The summed E-state index contributed by atoms with van der Waals surface area (Å²) in [4.78, 5) is 26.7. The Labute approximate surface area is 178 Å². The lowest BCUT2D eigenvalue weighted by Crippen LogP contribution is -2.43. The number of nitrogens with one attached hydrogen (secondary N) is 2. The maximum atomic E-state index is 11.5. The molecule has 3 aromatic rings. The molecule has 1 unspecified atom stereocenters. The average molecular weight is 419 g/mol. The third kappa shape index (κ3) is 4.37. The lowest BCUT2D eigenvalue weighted by Gasteiger charge is -2.32. The van der Waals surface area contributed by atoms with Gasteiger partial charge in [0.1, 0.15) is 11.6 Å². The van der Waals surface area contributed by atoms with Crippen LogP contribution in [0.2, 0.25) is 0 Å². The number of methoxy groups -OCH3 is 1. The van der Waals surface area contributed by atoms with E-state index in [4.69, 9.17) is 10.00 Å². The monoisotopic (exact) mass is 419 g/mol. The molecule has 158 valence electrons. The second-order valence-electron chi connectivity index (χ2n) is 6.98. The van der Waals surface area contributed by atoms with E-state index in [-0.39, 0.29) is 23.4 Å². The summed E-state index contributed by atoms with van der Waals surface area (Å²) in [5.41, 5.74) is 1.58. The summed E-state index contributed by atoms with van der Waals surface area (Å²) in [6.45, 7) is 4.95. The average Bonchev–Trinajstić information content (AvgIpc) is 3.22. The minimum atomic E-state index is -0.286. The Morgan fingerprint density at radius 1 is 1.42 bits per heavy atom. The number of carbonyl (C=O) groups excluding carboxylic acids is 1. The fourth-order valence-corrected chi connectivity index (χ4v) is 3.40. The Balaban J connectivity index is 1.48. The van der Waals surface area contributed by atoms with Crippen molar-refractivity contribution in [3.05, 3.63) is 42.7 Å². The first kappa shape index (κ1) is 20.1. The van der Waals surface area contributed by atoms with Crippen LogP contribution in [0.5, 0.6) is 5.88 Å². The molecule has 4 rings (SSSR count). The van der Waals surface area contributed by atoms with Crippen molar-refractivity contribution in [1.82, 2.24) is 24.6 Å². The first-order chi connectivity index (χ1) is 15.1. The van der Waals surface area contributed by atoms with Crippen LogP contribution in [0, 0.1) is 11.3 Å². The summed E-state index contributed by atoms with van der Waals surface area (Å²) >= 11 is 0. The van der Waals surface area contributed by atoms with Crippen molar-refractivity contribution in [2.45, 2.75) is 18.9 Å². The van der Waals surface area contributed by atoms with Gasteiger partial charge in [0.2, 0.25) is 23.7 Å². The summed E-state index contributed by atoms with van der Waals surface area (Å²) in [6.07, 6.45) is 6.25. The second-order valence-corrected chi connectivity index (χ2v) is 6.98. The third-order valence-electron chi connectivity index (χ3n) is 4.88. The molecule has 1 fully saturated rings. The molecule has 0 bridgehead atoms. The number of carbonyl (C=O) groups is 1. The van der Waals surface area contributed by atoms with E-state index in [1.165, 1.54) is 19.4 Å². The van der Waals surface area contributed by atoms with Crippen molar-refractivity contribution in [3.63, 3.8) is 0 Å². The van der Waals surface area contributed by atoms with Crippen molar-refractivity contribution in [3.8, 4) is 11.9 Å². The Morgan fingerprint density at radius 2 is 2.29 bits per heavy atom. The number of piperidine rings is 1. The number of aromatic nitrogens is 5. The molecule has 31 heavy (non-hydrogen) atoms. The Kier molecular flexibility index (Phi) is 5.61. The van der Waals surface area contributed by atoms with E-state index in [1.807, 2.05) is 6.07 Å². The number of pyridine rings is 1. The van der Waals surface area contributed by atoms with Crippen molar-refractivity contribution in [2.75, 3.05) is 35.7 Å². The molecule has 1 aliphatic rings. The zero-order valence-corrected chi connectivity index (χ0v) is 16.9. The number of nitriles is 1. The van der Waals surface area contributed by atoms with Gasteiger partial charge in [0.05, 0.1) is 25.2 Å². The van der Waals surface area contributed by atoms with E-state index >= 15 is 0 Å². The minimum absolute atomic E-state index is 0.0837. The van der Waals surface area contributed by atoms with Crippen molar-refractivity contribution < 1.29 is 9.53 Å². The van der Waals surface area contributed by atoms with Gasteiger partial charge in [-0.25, -0.2) is 9.50 Å². The molecule has 1 amide bonds. The number of nitrogens with zero attached hydrogens (tertiary/aromatic N) is 7. The largest absolute Gasteiger partial charge is 0.480 e. The molecule has 0 saturated carbocycles. The van der Waals surface area contributed by atoms with Crippen LogP contribution < -0.4 is 20.3 Å². The van der Waals surface area contributed by atoms with E-state index in [1.54, 1.807) is 22.8 Å². The molecule has 4 heterocycles. The van der Waals surface area contributed by atoms with E-state index in [9.17, 15) is 4.79 Å². The van der Waals surface area contributed by atoms with Crippen LogP contribution in [-0.2, 0) is 4.79 Å². The van der Waals surface area contributed by atoms with Crippen LogP contribution in [0.1, 0.15) is 18.4 Å². The van der Waals surface area contributed by atoms with E-state index in [0.29, 0.717) is 29.8 Å². The first-order valence-electron chi connectivity index (χ1n) is 9.72. The van der Waals surface area contributed by atoms with E-state index < -0.39 is 0 Å². The van der Waals surface area contributed by atoms with Gasteiger partial charge < -0.3 is 20.3 Å². The standard InChI is InChI=1S/C20H21N9O2/c1-3-17(30)23-15-6-7-16-25-20(27-29(16)12-15)28-8-4-5-14(11-28)24-19-22-10-13(9-21)18(26-19)31-2/h3,6-7,10,12,14H,1,4-5,8,11H2,2H3,(H,23,30)(H,22,24,26). The predicted octanol–water partition coefficient (Wildman–Crippen LogP) is 1.60. The highest BCUT2D eigenvalue weighted by molar-refractivity contribution is 5.98. The number of hydrogen-bond donors (Lipinski definition) is 2. The van der Waals surface area contributed by atoms with Gasteiger partial charge in [-0.2, -0.15) is 15.2 Å². The number of rotatable bonds is 6. The van der Waals surface area contributed by atoms with Crippen molar-refractivity contribution in [1.29, 1.82) is 5.26 Å². The van der Waals surface area contributed by atoms with Gasteiger partial charge in [-0.3, -0.25) is 4.79 Å². The predicted molar refractivity (Wildman–Crippen MR) is 114 cm³/mol. The zero-order chi connectivity index (χ0) is 21.8. The van der Waals surface area contributed by atoms with Crippen LogP contribution in [0.4, 0.5) is 17.6 Å². The van der Waals surface area contributed by atoms with E-state index in [0.717, 1.165) is 19.4 Å². The molecule has 0 radical (unpaired) electrons. The van der Waals surface area contributed by atoms with Gasteiger partial charge in [0.15, 0.2) is 5.65 Å². The lowest BCUT2D eigenvalue weighted by molar-refractivity contribution is -0.111. The summed E-state index contributed by atoms with van der Waals surface area (Å²) in [5, 5.41) is 19.7. The first-order valence-corrected chi connectivity index (χ1v) is 9.72. The Morgan fingerprint density at radius 3 is 3.06 bits per heavy atom. The number of ether oxygens (including phenoxy) is 1. The fourth-order valence-electron chi connectivity index (χ4n) is 3.40. The third-order valence-corrected chi connectivity index (χ3v) is 4.88. The van der Waals surface area contributed by atoms with Crippen LogP contribution in [0.3, 0.4) is 0 Å². The van der Waals surface area contributed by atoms with Crippen LogP contribution in [-0.4, -0.2) is 56.7 Å². The molecule has 3 aromatic heterocycles. The smallest absolute Gasteiger partial charge is 0.247 e. The fraction of sp³-hybridized carbons (Fsp3) is 0.300. The molecule has 0 spiro atoms. The molecule has 0 aliphatic carbocycles. The van der Waals surface area contributed by atoms with Gasteiger partial charge >= 0.3 is 0 Å². The van der Waals surface area contributed by atoms with Crippen LogP contribution in [0.15, 0.2) is 37.2 Å². The summed E-state index contributed by atoms with van der Waals surface area (Å²) in [6, 6.07) is 5.65. The van der Waals surface area contributed by atoms with Gasteiger partial charge in [-0.15, -0.1) is 5.10 Å². The van der Waals surface area contributed by atoms with Gasteiger partial charge in [-0.05, 0) is 31.1 Å². The van der Waals surface area contributed by atoms with Crippen molar-refractivity contribution >= 4 is 29.1 Å². The summed E-state index contributed by atoms with van der Waals surface area (Å²) in [5.74, 6) is 0.977. The molecule has 0 aromatic carbocycles. The topological polar surface area (TPSA) is 133 Å². The minimum Gasteiger partial charge on any atom is -0.480 e. The molecule has 1 saturated heterocycles. The van der Waals surface area contributed by atoms with Gasteiger partial charge in [0, 0.05) is 19.1 Å². The normalized spacial score (nSPS) is 15.9. The molecule has 2 N–H and O–H groups in total. The SMILES string of the molecule is C=CC(=O)Nc1ccc2nc(N3CCCC(Nc4ncc(C#N)c(OC)n4)C3)nn2c1. The molecular weight excluding hydrogens is 398 g/mol. The second kappa shape index (κ2) is 8.66. The van der Waals surface area contributed by atoms with Gasteiger partial charge in [-0.1, -0.05) is 6.58 Å². The Hall–Kier alpha value is -4.20. The molecular formula is C20H21N9O2. The number of amides is 1. The maximum Gasteiger partial charge on any atom is 0.247 e. The molecule has 1 atom stereocenters. The number of fused-ring (bicyclic) bond motifs is 1.